The van der Waals surface area contributed by atoms with Crippen LogP contribution in [0, 0.1) is 5.92 Å². The van der Waals surface area contributed by atoms with E-state index in [0.717, 1.165) is 54.9 Å². The van der Waals surface area contributed by atoms with E-state index in [1.165, 1.54) is 42.3 Å². The van der Waals surface area contributed by atoms with Crippen LogP contribution in [0.3, 0.4) is 0 Å². The normalized spacial score (nSPS) is 18.1. The molecule has 2 aliphatic rings. The number of benzene rings is 1. The third-order valence-electron chi connectivity index (χ3n) is 6.35. The molecule has 1 aliphatic heterocycles. The van der Waals surface area contributed by atoms with Crippen LogP contribution in [0.5, 0.6) is 0 Å². The van der Waals surface area contributed by atoms with Crippen LogP contribution in [0.15, 0.2) is 64.6 Å². The molecule has 0 aromatic heterocycles. The summed E-state index contributed by atoms with van der Waals surface area (Å²) in [5, 5.41) is 4.75. The van der Waals surface area contributed by atoms with Gasteiger partial charge in [0.05, 0.1) is 0 Å². The van der Waals surface area contributed by atoms with Crippen LogP contribution in [-0.4, -0.2) is 30.4 Å². The Hall–Kier alpha value is -2.24. The molecule has 1 aliphatic carbocycles. The average molecular weight is 452 g/mol. The first-order chi connectivity index (χ1) is 15.5. The fourth-order valence-corrected chi connectivity index (χ4v) is 5.00. The Bertz CT molecular complexity index is 907. The molecule has 1 fully saturated rings. The molecule has 0 unspecified atom stereocenters. The van der Waals surface area contributed by atoms with Gasteiger partial charge >= 0.3 is 0 Å². The van der Waals surface area contributed by atoms with Gasteiger partial charge in [0.25, 0.3) is 5.91 Å². The molecule has 1 amide bonds. The summed E-state index contributed by atoms with van der Waals surface area (Å²) in [5.74, 6) is 0.218. The minimum atomic E-state index is -0.268. The second-order valence-electron chi connectivity index (χ2n) is 8.83. The Labute approximate surface area is 197 Å². The molecule has 1 heterocycles. The smallest absolute Gasteiger partial charge is 0.272 e. The maximum Gasteiger partial charge on any atom is 0.272 e. The van der Waals surface area contributed by atoms with Crippen LogP contribution >= 0.6 is 11.8 Å². The van der Waals surface area contributed by atoms with Gasteiger partial charge in [0.2, 0.25) is 0 Å². The zero-order chi connectivity index (χ0) is 22.9. The van der Waals surface area contributed by atoms with E-state index in [4.69, 9.17) is 5.73 Å². The second-order valence-corrected chi connectivity index (χ2v) is 9.83. The summed E-state index contributed by atoms with van der Waals surface area (Å²) < 4.78 is 0. The predicted molar refractivity (Wildman–Crippen MR) is 139 cm³/mol. The van der Waals surface area contributed by atoms with E-state index in [0.29, 0.717) is 5.92 Å². The topological polar surface area (TPSA) is 58.4 Å². The number of para-hydroxylation sites is 1. The number of unbranched alkanes of at least 4 members (excludes halogenated alkanes) is 1. The van der Waals surface area contributed by atoms with E-state index < -0.39 is 0 Å². The molecule has 0 saturated carbocycles. The van der Waals surface area contributed by atoms with Crippen LogP contribution in [0.4, 0.5) is 5.69 Å². The third-order valence-corrected chi connectivity index (χ3v) is 7.36. The van der Waals surface area contributed by atoms with Crippen LogP contribution in [0.25, 0.3) is 5.57 Å². The molecule has 0 atom stereocenters. The zero-order valence-corrected chi connectivity index (χ0v) is 20.3. The quantitative estimate of drug-likeness (QED) is 0.432. The Morgan fingerprint density at radius 2 is 2.00 bits per heavy atom. The Morgan fingerprint density at radius 3 is 2.69 bits per heavy atom. The summed E-state index contributed by atoms with van der Waals surface area (Å²) in [6.07, 6.45) is 11.1. The Morgan fingerprint density at radius 1 is 1.25 bits per heavy atom. The van der Waals surface area contributed by atoms with Crippen molar-refractivity contribution in [1.82, 2.24) is 4.90 Å². The first-order valence-corrected chi connectivity index (χ1v) is 12.7. The lowest BCUT2D eigenvalue weighted by Gasteiger charge is -2.32. The predicted octanol–water partition coefficient (Wildman–Crippen LogP) is 6.31. The standard InChI is InChI=1S/C27H37N3OS/c1-4-5-16-30-17-14-22(15-18-30)21(3)32-19-25(28)27(31)29-26-9-7-6-8-24(26)23-12-10-20(2)11-13-23/h6-10,12,19,22H,3-5,11,13-18,28H2,1-2H3,(H,29,31)/b25-19-. The van der Waals surface area contributed by atoms with Crippen LogP contribution < -0.4 is 11.1 Å². The molecule has 1 aromatic carbocycles. The maximum absolute atomic E-state index is 12.7. The molecule has 3 rings (SSSR count). The highest BCUT2D eigenvalue weighted by Crippen LogP contribution is 2.33. The van der Waals surface area contributed by atoms with E-state index in [2.05, 4.69) is 48.9 Å². The number of piperidine rings is 1. The molecule has 3 N–H and O–H groups in total. The second kappa shape index (κ2) is 12.1. The van der Waals surface area contributed by atoms with Gasteiger partial charge in [-0.3, -0.25) is 4.79 Å². The summed E-state index contributed by atoms with van der Waals surface area (Å²) in [7, 11) is 0. The van der Waals surface area contributed by atoms with Crippen LogP contribution in [0.1, 0.15) is 57.9 Å². The van der Waals surface area contributed by atoms with E-state index >= 15 is 0 Å². The van der Waals surface area contributed by atoms with Gasteiger partial charge in [-0.25, -0.2) is 0 Å². The molecule has 5 heteroatoms. The molecule has 1 saturated heterocycles. The Balaban J connectivity index is 1.55. The monoisotopic (exact) mass is 451 g/mol. The number of nitrogens with one attached hydrogen (secondary N) is 1. The van der Waals surface area contributed by atoms with Crippen LogP contribution in [0.2, 0.25) is 0 Å². The lowest BCUT2D eigenvalue weighted by atomic mass is 9.93. The van der Waals surface area contributed by atoms with Crippen molar-refractivity contribution >= 4 is 28.9 Å². The SMILES string of the molecule is C=C(S/C=C(\N)C(=O)Nc1ccccc1C1=CC=C(C)CC1)C1CCN(CCCC)CC1. The van der Waals surface area contributed by atoms with Gasteiger partial charge in [-0.2, -0.15) is 0 Å². The fraction of sp³-hybridized carbons (Fsp3) is 0.444. The lowest BCUT2D eigenvalue weighted by Crippen LogP contribution is -2.34. The number of carbonyl (C=O) groups is 1. The van der Waals surface area contributed by atoms with E-state index in [9.17, 15) is 4.79 Å². The fourth-order valence-electron chi connectivity index (χ4n) is 4.18. The first kappa shape index (κ1) is 24.4. The highest BCUT2D eigenvalue weighted by atomic mass is 32.2. The number of carbonyl (C=O) groups excluding carboxylic acids is 1. The Kier molecular flexibility index (Phi) is 9.24. The highest BCUT2D eigenvalue weighted by Gasteiger charge is 2.21. The van der Waals surface area contributed by atoms with E-state index in [-0.39, 0.29) is 11.6 Å². The number of nitrogens with two attached hydrogens (primary N) is 1. The molecule has 0 radical (unpaired) electrons. The molecule has 172 valence electrons. The molecular weight excluding hydrogens is 414 g/mol. The van der Waals surface area contributed by atoms with Crippen molar-refractivity contribution in [3.63, 3.8) is 0 Å². The maximum atomic E-state index is 12.7. The van der Waals surface area contributed by atoms with Gasteiger partial charge in [-0.1, -0.05) is 55.8 Å². The largest absolute Gasteiger partial charge is 0.394 e. The zero-order valence-electron chi connectivity index (χ0n) is 19.5. The first-order valence-electron chi connectivity index (χ1n) is 11.8. The summed E-state index contributed by atoms with van der Waals surface area (Å²) >= 11 is 1.50. The van der Waals surface area contributed by atoms with Gasteiger partial charge in [0.1, 0.15) is 5.70 Å². The van der Waals surface area contributed by atoms with E-state index in [1.54, 1.807) is 5.41 Å². The summed E-state index contributed by atoms with van der Waals surface area (Å²) in [5.41, 5.74) is 10.8. The van der Waals surface area contributed by atoms with Gasteiger partial charge in [0.15, 0.2) is 0 Å². The summed E-state index contributed by atoms with van der Waals surface area (Å²) in [6.45, 7) is 12.1. The van der Waals surface area contributed by atoms with Crippen molar-refractivity contribution in [3.8, 4) is 0 Å². The van der Waals surface area contributed by atoms with E-state index in [1.807, 2.05) is 18.2 Å². The number of hydrogen-bond donors (Lipinski definition) is 2. The molecular formula is C27H37N3OS. The van der Waals surface area contributed by atoms with Crippen LogP contribution in [-0.2, 0) is 4.79 Å². The number of rotatable bonds is 9. The lowest BCUT2D eigenvalue weighted by molar-refractivity contribution is -0.112. The van der Waals surface area contributed by atoms with Crippen molar-refractivity contribution in [2.75, 3.05) is 25.0 Å². The third kappa shape index (κ3) is 6.88. The molecule has 1 aromatic rings. The van der Waals surface area contributed by atoms with Gasteiger partial charge < -0.3 is 16.0 Å². The molecule has 32 heavy (non-hydrogen) atoms. The minimum absolute atomic E-state index is 0.222. The van der Waals surface area contributed by atoms with Crippen molar-refractivity contribution in [3.05, 3.63) is 70.1 Å². The number of likely N-dealkylation sites (tertiary alicyclic amines) is 1. The number of allylic oxidation sites excluding steroid dienone is 5. The van der Waals surface area contributed by atoms with Gasteiger partial charge in [0, 0.05) is 16.7 Å². The number of anilines is 1. The number of amides is 1. The van der Waals surface area contributed by atoms with Crippen molar-refractivity contribution in [1.29, 1.82) is 0 Å². The highest BCUT2D eigenvalue weighted by molar-refractivity contribution is 8.05. The minimum Gasteiger partial charge on any atom is -0.394 e. The molecule has 4 nitrogen and oxygen atoms in total. The molecule has 0 bridgehead atoms. The van der Waals surface area contributed by atoms with Crippen molar-refractivity contribution in [2.24, 2.45) is 11.7 Å². The number of thioether (sulfide) groups is 1. The van der Waals surface area contributed by atoms with Crippen molar-refractivity contribution in [2.45, 2.75) is 52.4 Å². The van der Waals surface area contributed by atoms with Gasteiger partial charge in [-0.15, -0.1) is 11.8 Å². The number of nitrogens with zero attached hydrogens (tertiary/aromatic N) is 1. The molecule has 0 spiro atoms. The average Bonchev–Trinajstić information content (AvgIpc) is 2.82. The van der Waals surface area contributed by atoms with Gasteiger partial charge in [-0.05, 0) is 81.1 Å². The summed E-state index contributed by atoms with van der Waals surface area (Å²) in [6, 6.07) is 7.93. The van der Waals surface area contributed by atoms with Crippen molar-refractivity contribution < 1.29 is 4.79 Å². The number of hydrogen-bond acceptors (Lipinski definition) is 4. The summed E-state index contributed by atoms with van der Waals surface area (Å²) in [4.78, 5) is 16.4.